The van der Waals surface area contributed by atoms with Crippen LogP contribution in [-0.4, -0.2) is 24.1 Å². The molecule has 1 aliphatic carbocycles. The van der Waals surface area contributed by atoms with Gasteiger partial charge in [0.25, 0.3) is 0 Å². The van der Waals surface area contributed by atoms with Gasteiger partial charge in [-0.1, -0.05) is 24.3 Å². The zero-order chi connectivity index (χ0) is 13.1. The Labute approximate surface area is 106 Å². The van der Waals surface area contributed by atoms with Gasteiger partial charge < -0.3 is 9.47 Å². The van der Waals surface area contributed by atoms with Crippen LogP contribution in [0.2, 0.25) is 0 Å². The van der Waals surface area contributed by atoms with Crippen LogP contribution in [0.25, 0.3) is 0 Å². The Morgan fingerprint density at radius 2 is 1.33 bits per heavy atom. The highest BCUT2D eigenvalue weighted by Crippen LogP contribution is 2.25. The minimum atomic E-state index is -0.388. The third-order valence-electron chi connectivity index (χ3n) is 3.01. The summed E-state index contributed by atoms with van der Waals surface area (Å²) in [6, 6.07) is 7.93. The lowest BCUT2D eigenvalue weighted by Gasteiger charge is -2.31. The topological polar surface area (TPSA) is 52.6 Å². The van der Waals surface area contributed by atoms with Crippen molar-refractivity contribution in [1.82, 2.24) is 0 Å². The van der Waals surface area contributed by atoms with Gasteiger partial charge in [0.05, 0.1) is 0 Å². The normalized spacial score (nSPS) is 21.9. The number of carbonyl (C=O) groups is 2. The van der Waals surface area contributed by atoms with E-state index in [4.69, 9.17) is 9.47 Å². The standard InChI is InChI=1S/C14H16O4/c1-9(15)17-13-7-11-5-3-4-6-12(11)8-14(13)18-10(2)16/h3-6,13-14H,7-8H2,1-2H3/t13-,14-/m1/s1. The number of rotatable bonds is 2. The zero-order valence-electron chi connectivity index (χ0n) is 10.5. The Kier molecular flexibility index (Phi) is 3.65. The van der Waals surface area contributed by atoms with Crippen LogP contribution in [0.15, 0.2) is 24.3 Å². The number of hydrogen-bond donors (Lipinski definition) is 0. The molecule has 0 aliphatic heterocycles. The van der Waals surface area contributed by atoms with Gasteiger partial charge in [0.1, 0.15) is 12.2 Å². The molecule has 0 aromatic heterocycles. The van der Waals surface area contributed by atoms with E-state index in [1.54, 1.807) is 0 Å². The molecular formula is C14H16O4. The number of esters is 2. The van der Waals surface area contributed by atoms with Crippen molar-refractivity contribution >= 4 is 11.9 Å². The van der Waals surface area contributed by atoms with Crippen LogP contribution in [0, 0.1) is 0 Å². The van der Waals surface area contributed by atoms with Crippen LogP contribution in [0.3, 0.4) is 0 Å². The van der Waals surface area contributed by atoms with Crippen LogP contribution in [-0.2, 0) is 31.9 Å². The zero-order valence-corrected chi connectivity index (χ0v) is 10.5. The molecule has 0 heterocycles. The van der Waals surface area contributed by atoms with Gasteiger partial charge in [-0.2, -0.15) is 0 Å². The molecule has 1 aromatic rings. The SMILES string of the molecule is CC(=O)O[C@@H]1Cc2ccccc2C[C@H]1OC(C)=O. The molecule has 0 saturated carbocycles. The van der Waals surface area contributed by atoms with E-state index in [1.807, 2.05) is 24.3 Å². The van der Waals surface area contributed by atoms with Crippen molar-refractivity contribution in [2.75, 3.05) is 0 Å². The van der Waals surface area contributed by atoms with Gasteiger partial charge in [-0.25, -0.2) is 0 Å². The maximum atomic E-state index is 11.1. The Morgan fingerprint density at radius 1 is 0.944 bits per heavy atom. The third kappa shape index (κ3) is 2.88. The smallest absolute Gasteiger partial charge is 0.303 e. The first-order valence-electron chi connectivity index (χ1n) is 5.97. The van der Waals surface area contributed by atoms with Gasteiger partial charge in [-0.3, -0.25) is 9.59 Å². The molecule has 4 nitrogen and oxygen atoms in total. The average molecular weight is 248 g/mol. The van der Waals surface area contributed by atoms with Crippen molar-refractivity contribution in [3.63, 3.8) is 0 Å². The maximum Gasteiger partial charge on any atom is 0.303 e. The molecule has 0 radical (unpaired) electrons. The van der Waals surface area contributed by atoms with Gasteiger partial charge in [0, 0.05) is 26.7 Å². The van der Waals surface area contributed by atoms with E-state index < -0.39 is 0 Å². The summed E-state index contributed by atoms with van der Waals surface area (Å²) in [4.78, 5) is 22.2. The van der Waals surface area contributed by atoms with E-state index in [0.717, 1.165) is 11.1 Å². The molecule has 1 aliphatic rings. The lowest BCUT2D eigenvalue weighted by molar-refractivity contribution is -0.165. The summed E-state index contributed by atoms with van der Waals surface area (Å²) in [6.07, 6.45) is 0.407. The molecule has 2 atom stereocenters. The number of carbonyl (C=O) groups excluding carboxylic acids is 2. The summed E-state index contributed by atoms with van der Waals surface area (Å²) >= 11 is 0. The molecule has 0 N–H and O–H groups in total. The maximum absolute atomic E-state index is 11.1. The summed E-state index contributed by atoms with van der Waals surface area (Å²) in [6.45, 7) is 2.73. The highest BCUT2D eigenvalue weighted by Gasteiger charge is 2.32. The molecule has 0 unspecified atom stereocenters. The second-order valence-electron chi connectivity index (χ2n) is 4.47. The second-order valence-corrected chi connectivity index (χ2v) is 4.47. The first kappa shape index (κ1) is 12.6. The fourth-order valence-corrected chi connectivity index (χ4v) is 2.31. The van der Waals surface area contributed by atoms with Crippen LogP contribution >= 0.6 is 0 Å². The molecular weight excluding hydrogens is 232 g/mol. The Hall–Kier alpha value is -1.84. The molecule has 0 spiro atoms. The molecule has 0 fully saturated rings. The second kappa shape index (κ2) is 5.21. The number of benzene rings is 1. The molecule has 1 aromatic carbocycles. The number of hydrogen-bond acceptors (Lipinski definition) is 4. The largest absolute Gasteiger partial charge is 0.458 e. The van der Waals surface area contributed by atoms with Gasteiger partial charge in [0.15, 0.2) is 0 Å². The van der Waals surface area contributed by atoms with Gasteiger partial charge >= 0.3 is 11.9 Å². The minimum Gasteiger partial charge on any atom is -0.458 e. The number of ether oxygens (including phenoxy) is 2. The minimum absolute atomic E-state index is 0.350. The highest BCUT2D eigenvalue weighted by molar-refractivity contribution is 5.67. The van der Waals surface area contributed by atoms with Crippen LogP contribution < -0.4 is 0 Å². The predicted octanol–water partition coefficient (Wildman–Crippen LogP) is 1.65. The van der Waals surface area contributed by atoms with Crippen molar-refractivity contribution in [2.24, 2.45) is 0 Å². The Morgan fingerprint density at radius 3 is 1.67 bits per heavy atom. The molecule has 4 heteroatoms. The van der Waals surface area contributed by atoms with E-state index in [2.05, 4.69) is 0 Å². The molecule has 18 heavy (non-hydrogen) atoms. The van der Waals surface area contributed by atoms with E-state index in [0.29, 0.717) is 12.8 Å². The Balaban J connectivity index is 2.21. The molecule has 2 rings (SSSR count). The monoisotopic (exact) mass is 248 g/mol. The first-order chi connectivity index (χ1) is 8.56. The van der Waals surface area contributed by atoms with Crippen molar-refractivity contribution < 1.29 is 19.1 Å². The third-order valence-corrected chi connectivity index (χ3v) is 3.01. The highest BCUT2D eigenvalue weighted by atomic mass is 16.6. The van der Waals surface area contributed by atoms with Crippen LogP contribution in [0.4, 0.5) is 0 Å². The summed E-state index contributed by atoms with van der Waals surface area (Å²) in [7, 11) is 0. The lowest BCUT2D eigenvalue weighted by atomic mass is 9.87. The van der Waals surface area contributed by atoms with Gasteiger partial charge in [-0.05, 0) is 11.1 Å². The Bertz CT molecular complexity index is 424. The molecule has 0 bridgehead atoms. The van der Waals surface area contributed by atoms with E-state index >= 15 is 0 Å². The van der Waals surface area contributed by atoms with Gasteiger partial charge in [0.2, 0.25) is 0 Å². The van der Waals surface area contributed by atoms with E-state index in [1.165, 1.54) is 13.8 Å². The van der Waals surface area contributed by atoms with Crippen LogP contribution in [0.1, 0.15) is 25.0 Å². The van der Waals surface area contributed by atoms with Gasteiger partial charge in [-0.15, -0.1) is 0 Å². The van der Waals surface area contributed by atoms with Crippen molar-refractivity contribution in [1.29, 1.82) is 0 Å². The quantitative estimate of drug-likeness (QED) is 0.747. The molecule has 96 valence electrons. The summed E-state index contributed by atoms with van der Waals surface area (Å²) in [5.74, 6) is -0.701. The fraction of sp³-hybridized carbons (Fsp3) is 0.429. The van der Waals surface area contributed by atoms with Crippen molar-refractivity contribution in [2.45, 2.75) is 38.9 Å². The van der Waals surface area contributed by atoms with E-state index in [9.17, 15) is 9.59 Å². The molecule has 0 saturated heterocycles. The predicted molar refractivity (Wildman–Crippen MR) is 65.0 cm³/mol. The number of fused-ring (bicyclic) bond motifs is 1. The summed E-state index contributed by atoms with van der Waals surface area (Å²) in [5, 5.41) is 0. The summed E-state index contributed by atoms with van der Waals surface area (Å²) < 4.78 is 10.5. The summed E-state index contributed by atoms with van der Waals surface area (Å²) in [5.41, 5.74) is 2.29. The van der Waals surface area contributed by atoms with Crippen LogP contribution in [0.5, 0.6) is 0 Å². The molecule has 0 amide bonds. The van der Waals surface area contributed by atoms with E-state index in [-0.39, 0.29) is 24.1 Å². The van der Waals surface area contributed by atoms with Crippen molar-refractivity contribution in [3.8, 4) is 0 Å². The first-order valence-corrected chi connectivity index (χ1v) is 5.97. The van der Waals surface area contributed by atoms with Crippen molar-refractivity contribution in [3.05, 3.63) is 35.4 Å². The fourth-order valence-electron chi connectivity index (χ4n) is 2.31. The average Bonchev–Trinajstić information content (AvgIpc) is 2.28. The lowest BCUT2D eigenvalue weighted by Crippen LogP contribution is -2.41.